The first-order valence-corrected chi connectivity index (χ1v) is 7.50. The third-order valence-electron chi connectivity index (χ3n) is 4.12. The molecular formula is C16H23N3O2. The number of aromatic nitrogens is 1. The van der Waals surface area contributed by atoms with Crippen LogP contribution in [0.4, 0.5) is 5.69 Å². The first kappa shape index (κ1) is 15.5. The average Bonchev–Trinajstić information content (AvgIpc) is 2.48. The zero-order valence-corrected chi connectivity index (χ0v) is 13.0. The van der Waals surface area contributed by atoms with Gasteiger partial charge in [0.2, 0.25) is 5.91 Å². The second kappa shape index (κ2) is 6.24. The van der Waals surface area contributed by atoms with Crippen LogP contribution in [0, 0.1) is 11.8 Å². The van der Waals surface area contributed by atoms with Gasteiger partial charge < -0.3 is 5.32 Å². The van der Waals surface area contributed by atoms with Crippen molar-refractivity contribution >= 4 is 17.5 Å². The number of amides is 2. The van der Waals surface area contributed by atoms with Gasteiger partial charge in [-0.15, -0.1) is 0 Å². The monoisotopic (exact) mass is 289 g/mol. The van der Waals surface area contributed by atoms with Crippen LogP contribution in [0.1, 0.15) is 34.1 Å². The lowest BCUT2D eigenvalue weighted by molar-refractivity contribution is -0.136. The number of pyridine rings is 1. The maximum atomic E-state index is 12.9. The van der Waals surface area contributed by atoms with E-state index in [1.807, 2.05) is 33.8 Å². The highest BCUT2D eigenvalue weighted by molar-refractivity contribution is 6.08. The number of carbonyl (C=O) groups is 2. The van der Waals surface area contributed by atoms with E-state index in [9.17, 15) is 9.59 Å². The van der Waals surface area contributed by atoms with Crippen LogP contribution in [0.3, 0.4) is 0 Å². The van der Waals surface area contributed by atoms with Crippen LogP contribution in [0.2, 0.25) is 0 Å². The van der Waals surface area contributed by atoms with E-state index < -0.39 is 12.1 Å². The zero-order valence-electron chi connectivity index (χ0n) is 13.0. The van der Waals surface area contributed by atoms with E-state index in [1.165, 1.54) is 0 Å². The summed E-state index contributed by atoms with van der Waals surface area (Å²) in [5.74, 6) is 0.00942. The van der Waals surface area contributed by atoms with Gasteiger partial charge in [-0.3, -0.25) is 19.5 Å². The Morgan fingerprint density at radius 1 is 1.33 bits per heavy atom. The van der Waals surface area contributed by atoms with E-state index in [2.05, 4.69) is 10.3 Å². The molecule has 1 saturated heterocycles. The summed E-state index contributed by atoms with van der Waals surface area (Å²) >= 11 is 0. The van der Waals surface area contributed by atoms with Crippen molar-refractivity contribution in [3.05, 3.63) is 24.5 Å². The van der Waals surface area contributed by atoms with Crippen molar-refractivity contribution in [2.75, 3.05) is 4.90 Å². The molecule has 1 aromatic heterocycles. The van der Waals surface area contributed by atoms with Gasteiger partial charge in [0, 0.05) is 6.20 Å². The van der Waals surface area contributed by atoms with Crippen molar-refractivity contribution in [1.29, 1.82) is 0 Å². The fourth-order valence-electron chi connectivity index (χ4n) is 2.71. The lowest BCUT2D eigenvalue weighted by atomic mass is 9.90. The number of carbonyl (C=O) groups excluding carboxylic acids is 2. The summed E-state index contributed by atoms with van der Waals surface area (Å²) in [7, 11) is 0. The predicted molar refractivity (Wildman–Crippen MR) is 81.7 cm³/mol. The average molecular weight is 289 g/mol. The van der Waals surface area contributed by atoms with Gasteiger partial charge in [0.05, 0.1) is 11.9 Å². The molecule has 1 fully saturated rings. The molecule has 2 heterocycles. The highest BCUT2D eigenvalue weighted by Crippen LogP contribution is 2.27. The molecule has 0 aromatic carbocycles. The van der Waals surface area contributed by atoms with Crippen LogP contribution in [0.5, 0.6) is 0 Å². The molecule has 0 aliphatic carbocycles. The first-order chi connectivity index (χ1) is 9.97. The van der Waals surface area contributed by atoms with Crippen LogP contribution in [-0.4, -0.2) is 28.9 Å². The molecule has 3 atom stereocenters. The van der Waals surface area contributed by atoms with Gasteiger partial charge in [0.15, 0.2) is 0 Å². The van der Waals surface area contributed by atoms with Crippen LogP contribution in [0.25, 0.3) is 0 Å². The van der Waals surface area contributed by atoms with Crippen molar-refractivity contribution < 1.29 is 9.59 Å². The highest BCUT2D eigenvalue weighted by Gasteiger charge is 2.44. The van der Waals surface area contributed by atoms with E-state index in [1.54, 1.807) is 23.4 Å². The van der Waals surface area contributed by atoms with Crippen molar-refractivity contribution in [2.45, 2.75) is 46.2 Å². The first-order valence-electron chi connectivity index (χ1n) is 7.50. The third-order valence-corrected chi connectivity index (χ3v) is 4.12. The molecule has 2 amide bonds. The Kier molecular flexibility index (Phi) is 4.60. The molecule has 1 aliphatic rings. The van der Waals surface area contributed by atoms with E-state index in [0.29, 0.717) is 5.69 Å². The van der Waals surface area contributed by atoms with Gasteiger partial charge in [-0.2, -0.15) is 0 Å². The Balaban J connectivity index is 2.43. The van der Waals surface area contributed by atoms with Gasteiger partial charge in [-0.1, -0.05) is 34.1 Å². The number of nitrogens with zero attached hydrogens (tertiary/aromatic N) is 2. The molecule has 0 radical (unpaired) electrons. The number of piperazine rings is 1. The van der Waals surface area contributed by atoms with E-state index in [0.717, 1.165) is 6.42 Å². The van der Waals surface area contributed by atoms with Gasteiger partial charge in [0.25, 0.3) is 5.91 Å². The summed E-state index contributed by atoms with van der Waals surface area (Å²) < 4.78 is 0. The van der Waals surface area contributed by atoms with Crippen molar-refractivity contribution in [3.8, 4) is 0 Å². The Bertz CT molecular complexity index is 516. The molecule has 5 heteroatoms. The van der Waals surface area contributed by atoms with E-state index in [-0.39, 0.29) is 23.7 Å². The number of hydrogen-bond donors (Lipinski definition) is 1. The molecule has 21 heavy (non-hydrogen) atoms. The van der Waals surface area contributed by atoms with Crippen LogP contribution >= 0.6 is 0 Å². The van der Waals surface area contributed by atoms with Crippen LogP contribution < -0.4 is 10.2 Å². The van der Waals surface area contributed by atoms with Gasteiger partial charge >= 0.3 is 0 Å². The maximum absolute atomic E-state index is 12.9. The maximum Gasteiger partial charge on any atom is 0.250 e. The second-order valence-corrected chi connectivity index (χ2v) is 5.98. The molecule has 0 bridgehead atoms. The summed E-state index contributed by atoms with van der Waals surface area (Å²) in [6.07, 6.45) is 4.14. The largest absolute Gasteiger partial charge is 0.342 e. The molecule has 0 saturated carbocycles. The SMILES string of the molecule is CCC(C)C1NC(=O)C(C(C)C)N(c2cccnc2)C1=O. The van der Waals surface area contributed by atoms with Gasteiger partial charge in [-0.25, -0.2) is 0 Å². The summed E-state index contributed by atoms with van der Waals surface area (Å²) in [6.45, 7) is 7.90. The molecule has 3 unspecified atom stereocenters. The Morgan fingerprint density at radius 3 is 2.57 bits per heavy atom. The lowest BCUT2D eigenvalue weighted by Gasteiger charge is -2.42. The zero-order chi connectivity index (χ0) is 15.6. The Morgan fingerprint density at radius 2 is 2.05 bits per heavy atom. The Labute approximate surface area is 125 Å². The Hall–Kier alpha value is -1.91. The minimum absolute atomic E-state index is 0.0343. The normalized spacial score (nSPS) is 24.1. The van der Waals surface area contributed by atoms with Crippen molar-refractivity contribution in [1.82, 2.24) is 10.3 Å². The van der Waals surface area contributed by atoms with Crippen LogP contribution in [-0.2, 0) is 9.59 Å². The molecule has 1 N–H and O–H groups in total. The summed E-state index contributed by atoms with van der Waals surface area (Å²) in [4.78, 5) is 31.0. The predicted octanol–water partition coefficient (Wildman–Crippen LogP) is 1.98. The van der Waals surface area contributed by atoms with Gasteiger partial charge in [-0.05, 0) is 24.0 Å². The molecule has 0 spiro atoms. The summed E-state index contributed by atoms with van der Waals surface area (Å²) in [5, 5.41) is 2.90. The second-order valence-electron chi connectivity index (χ2n) is 5.98. The number of anilines is 1. The summed E-state index contributed by atoms with van der Waals surface area (Å²) in [5.41, 5.74) is 0.685. The van der Waals surface area contributed by atoms with Crippen LogP contribution in [0.15, 0.2) is 24.5 Å². The smallest absolute Gasteiger partial charge is 0.250 e. The van der Waals surface area contributed by atoms with Crippen molar-refractivity contribution in [2.24, 2.45) is 11.8 Å². The number of hydrogen-bond acceptors (Lipinski definition) is 3. The quantitative estimate of drug-likeness (QED) is 0.922. The fraction of sp³-hybridized carbons (Fsp3) is 0.562. The molecule has 2 rings (SSSR count). The molecule has 5 nitrogen and oxygen atoms in total. The minimum atomic E-state index is -0.484. The lowest BCUT2D eigenvalue weighted by Crippen LogP contribution is -2.66. The molecule has 1 aromatic rings. The number of rotatable bonds is 4. The fourth-order valence-corrected chi connectivity index (χ4v) is 2.71. The topological polar surface area (TPSA) is 62.3 Å². The van der Waals surface area contributed by atoms with E-state index >= 15 is 0 Å². The standard InChI is InChI=1S/C16H23N3O2/c1-5-11(4)13-16(21)19(12-7-6-8-17-9-12)14(10(2)3)15(20)18-13/h6-11,13-14H,5H2,1-4H3,(H,18,20). The molecule has 1 aliphatic heterocycles. The highest BCUT2D eigenvalue weighted by atomic mass is 16.2. The minimum Gasteiger partial charge on any atom is -0.342 e. The van der Waals surface area contributed by atoms with Gasteiger partial charge in [0.1, 0.15) is 12.1 Å². The third kappa shape index (κ3) is 2.91. The number of nitrogens with one attached hydrogen (secondary N) is 1. The van der Waals surface area contributed by atoms with E-state index in [4.69, 9.17) is 0 Å². The molecular weight excluding hydrogens is 266 g/mol. The summed E-state index contributed by atoms with van der Waals surface area (Å²) in [6, 6.07) is 2.66. The van der Waals surface area contributed by atoms with Crippen molar-refractivity contribution in [3.63, 3.8) is 0 Å². The molecule has 114 valence electrons.